The molecule has 0 saturated carbocycles. The molecule has 1 aromatic heterocycles. The smallest absolute Gasteiger partial charge is 0.0978 e. The highest BCUT2D eigenvalue weighted by Crippen LogP contribution is 2.23. The van der Waals surface area contributed by atoms with Crippen molar-refractivity contribution in [3.63, 3.8) is 0 Å². The quantitative estimate of drug-likeness (QED) is 0.646. The number of nitrogens with zero attached hydrogens (tertiary/aromatic N) is 1. The number of para-hydroxylation sites is 1. The zero-order valence-corrected chi connectivity index (χ0v) is 11.2. The lowest BCUT2D eigenvalue weighted by atomic mass is 10.2. The largest absolute Gasteiger partial charge is 0.319 e. The monoisotopic (exact) mass is 246 g/mol. The Morgan fingerprint density at radius 2 is 2.24 bits per heavy atom. The molecule has 0 saturated heterocycles. The molecule has 1 N–H and O–H groups in total. The second kappa shape index (κ2) is 5.94. The maximum absolute atomic E-state index is 4.64. The molecular weight excluding hydrogens is 228 g/mol. The second-order valence-corrected chi connectivity index (χ2v) is 5.31. The summed E-state index contributed by atoms with van der Waals surface area (Å²) >= 11 is 1.80. The number of rotatable bonds is 5. The third kappa shape index (κ3) is 3.38. The summed E-state index contributed by atoms with van der Waals surface area (Å²) in [6, 6.07) is 8.33. The molecule has 2 aromatic rings. The van der Waals surface area contributed by atoms with Gasteiger partial charge in [-0.3, -0.25) is 0 Å². The predicted octanol–water partition coefficient (Wildman–Crippen LogP) is 3.39. The molecule has 0 spiro atoms. The first-order valence-corrected chi connectivity index (χ1v) is 6.76. The van der Waals surface area contributed by atoms with E-state index in [1.807, 2.05) is 13.1 Å². The summed E-state index contributed by atoms with van der Waals surface area (Å²) in [5.74, 6) is 0. The first-order valence-electron chi connectivity index (χ1n) is 5.94. The van der Waals surface area contributed by atoms with E-state index in [0.717, 1.165) is 24.9 Å². The number of hydrogen-bond donors (Lipinski definition) is 1. The Balaban J connectivity index is 2.05. The van der Waals surface area contributed by atoms with E-state index >= 15 is 0 Å². The zero-order chi connectivity index (χ0) is 12.1. The summed E-state index contributed by atoms with van der Waals surface area (Å²) in [6.45, 7) is 3.22. The first-order chi connectivity index (χ1) is 8.29. The number of nitrogens with one attached hydrogen (secondary N) is 1. The molecule has 0 amide bonds. The van der Waals surface area contributed by atoms with Gasteiger partial charge in [0.2, 0.25) is 0 Å². The molecule has 0 fully saturated rings. The predicted molar refractivity (Wildman–Crippen MR) is 75.6 cm³/mol. The molecule has 2 nitrogen and oxygen atoms in total. The standard InChI is InChI=1S/C14H18N2S/c1-11(6-5-9-15-2)10-14-16-12-7-3-4-8-13(12)17-14/h3-4,6-8,15H,5,9-10H2,1-2H3. The highest BCUT2D eigenvalue weighted by Gasteiger charge is 2.03. The van der Waals surface area contributed by atoms with Gasteiger partial charge in [-0.2, -0.15) is 0 Å². The Morgan fingerprint density at radius 1 is 1.41 bits per heavy atom. The van der Waals surface area contributed by atoms with Crippen LogP contribution in [0, 0.1) is 0 Å². The molecule has 90 valence electrons. The number of hydrogen-bond acceptors (Lipinski definition) is 3. The molecule has 17 heavy (non-hydrogen) atoms. The van der Waals surface area contributed by atoms with Crippen LogP contribution in [0.2, 0.25) is 0 Å². The van der Waals surface area contributed by atoms with E-state index in [-0.39, 0.29) is 0 Å². The fourth-order valence-corrected chi connectivity index (χ4v) is 2.83. The lowest BCUT2D eigenvalue weighted by molar-refractivity contribution is 0.802. The van der Waals surface area contributed by atoms with Crippen LogP contribution >= 0.6 is 11.3 Å². The highest BCUT2D eigenvalue weighted by molar-refractivity contribution is 7.18. The van der Waals surface area contributed by atoms with E-state index in [2.05, 4.69) is 41.5 Å². The molecule has 1 aromatic carbocycles. The van der Waals surface area contributed by atoms with Crippen LogP contribution in [0.3, 0.4) is 0 Å². The van der Waals surface area contributed by atoms with Crippen LogP contribution in [0.1, 0.15) is 18.4 Å². The maximum Gasteiger partial charge on any atom is 0.0978 e. The van der Waals surface area contributed by atoms with Gasteiger partial charge in [0, 0.05) is 6.42 Å². The van der Waals surface area contributed by atoms with Gasteiger partial charge in [0.25, 0.3) is 0 Å². The molecule has 0 aliphatic carbocycles. The van der Waals surface area contributed by atoms with Crippen molar-refractivity contribution in [2.75, 3.05) is 13.6 Å². The van der Waals surface area contributed by atoms with E-state index in [1.54, 1.807) is 11.3 Å². The van der Waals surface area contributed by atoms with Crippen LogP contribution in [0.25, 0.3) is 10.2 Å². The van der Waals surface area contributed by atoms with Crippen molar-refractivity contribution in [3.8, 4) is 0 Å². The van der Waals surface area contributed by atoms with Crippen LogP contribution in [-0.2, 0) is 6.42 Å². The SMILES string of the molecule is CNCCC=C(C)Cc1nc2ccccc2s1. The van der Waals surface area contributed by atoms with Crippen LogP contribution in [0.4, 0.5) is 0 Å². The lowest BCUT2D eigenvalue weighted by Crippen LogP contribution is -2.06. The Bertz CT molecular complexity index is 481. The maximum atomic E-state index is 4.64. The van der Waals surface area contributed by atoms with Gasteiger partial charge in [0.1, 0.15) is 0 Å². The molecule has 0 radical (unpaired) electrons. The first kappa shape index (κ1) is 12.3. The molecule has 0 bridgehead atoms. The third-order valence-electron chi connectivity index (χ3n) is 2.66. The number of benzene rings is 1. The average molecular weight is 246 g/mol. The van der Waals surface area contributed by atoms with Crippen molar-refractivity contribution in [1.82, 2.24) is 10.3 Å². The summed E-state index contributed by atoms with van der Waals surface area (Å²) in [5.41, 5.74) is 2.52. The summed E-state index contributed by atoms with van der Waals surface area (Å²) in [5, 5.41) is 4.36. The Labute approximate surface area is 106 Å². The molecule has 0 unspecified atom stereocenters. The fraction of sp³-hybridized carbons (Fsp3) is 0.357. The molecule has 0 aliphatic heterocycles. The highest BCUT2D eigenvalue weighted by atomic mass is 32.1. The van der Waals surface area contributed by atoms with Gasteiger partial charge in [0.15, 0.2) is 0 Å². The zero-order valence-electron chi connectivity index (χ0n) is 10.4. The summed E-state index contributed by atoms with van der Waals surface area (Å²) in [4.78, 5) is 4.64. The molecule has 0 atom stereocenters. The summed E-state index contributed by atoms with van der Waals surface area (Å²) in [6.07, 6.45) is 4.36. The van der Waals surface area contributed by atoms with Crippen molar-refractivity contribution in [2.45, 2.75) is 19.8 Å². The van der Waals surface area contributed by atoms with Gasteiger partial charge >= 0.3 is 0 Å². The van der Waals surface area contributed by atoms with Crippen LogP contribution in [-0.4, -0.2) is 18.6 Å². The summed E-state index contributed by atoms with van der Waals surface area (Å²) in [7, 11) is 1.98. The van der Waals surface area contributed by atoms with Gasteiger partial charge < -0.3 is 5.32 Å². The average Bonchev–Trinajstić information content (AvgIpc) is 2.71. The van der Waals surface area contributed by atoms with Crippen LogP contribution in [0.15, 0.2) is 35.9 Å². The van der Waals surface area contributed by atoms with Crippen molar-refractivity contribution >= 4 is 21.6 Å². The van der Waals surface area contributed by atoms with E-state index in [1.165, 1.54) is 15.3 Å². The normalized spacial score (nSPS) is 12.2. The van der Waals surface area contributed by atoms with E-state index in [0.29, 0.717) is 0 Å². The third-order valence-corrected chi connectivity index (χ3v) is 3.69. The number of allylic oxidation sites excluding steroid dienone is 1. The molecule has 0 aliphatic rings. The Kier molecular flexibility index (Phi) is 4.29. The molecule has 1 heterocycles. The van der Waals surface area contributed by atoms with Crippen molar-refractivity contribution in [3.05, 3.63) is 40.9 Å². The minimum Gasteiger partial charge on any atom is -0.319 e. The van der Waals surface area contributed by atoms with Crippen molar-refractivity contribution in [2.24, 2.45) is 0 Å². The Hall–Kier alpha value is -1.19. The molecule has 3 heteroatoms. The minimum atomic E-state index is 0.975. The number of thiazole rings is 1. The van der Waals surface area contributed by atoms with Crippen LogP contribution < -0.4 is 5.32 Å². The number of aromatic nitrogens is 1. The van der Waals surface area contributed by atoms with Crippen LogP contribution in [0.5, 0.6) is 0 Å². The fourth-order valence-electron chi connectivity index (χ4n) is 1.77. The van der Waals surface area contributed by atoms with Crippen molar-refractivity contribution in [1.29, 1.82) is 0 Å². The molecule has 2 rings (SSSR count). The van der Waals surface area contributed by atoms with Crippen molar-refractivity contribution < 1.29 is 0 Å². The van der Waals surface area contributed by atoms with Gasteiger partial charge in [-0.15, -0.1) is 11.3 Å². The summed E-state index contributed by atoms with van der Waals surface area (Å²) < 4.78 is 1.28. The molecular formula is C14H18N2S. The topological polar surface area (TPSA) is 24.9 Å². The second-order valence-electron chi connectivity index (χ2n) is 4.19. The van der Waals surface area contributed by atoms with Gasteiger partial charge in [-0.05, 0) is 39.1 Å². The van der Waals surface area contributed by atoms with E-state index < -0.39 is 0 Å². The minimum absolute atomic E-state index is 0.975. The van der Waals surface area contributed by atoms with E-state index in [4.69, 9.17) is 0 Å². The van der Waals surface area contributed by atoms with Gasteiger partial charge in [0.05, 0.1) is 15.2 Å². The lowest BCUT2D eigenvalue weighted by Gasteiger charge is -1.98. The van der Waals surface area contributed by atoms with Gasteiger partial charge in [-0.1, -0.05) is 23.8 Å². The number of fused-ring (bicyclic) bond motifs is 1. The van der Waals surface area contributed by atoms with E-state index in [9.17, 15) is 0 Å². The Morgan fingerprint density at radius 3 is 3.00 bits per heavy atom. The van der Waals surface area contributed by atoms with Gasteiger partial charge in [-0.25, -0.2) is 4.98 Å².